The molecule has 6 rings (SSSR count). The van der Waals surface area contributed by atoms with Crippen molar-refractivity contribution in [1.82, 2.24) is 46.3 Å². The molecule has 1 aliphatic heterocycles. The quantitative estimate of drug-likeness (QED) is 0.0205. The number of urea groups is 1. The second kappa shape index (κ2) is 45.7. The van der Waals surface area contributed by atoms with Crippen LogP contribution in [0.15, 0.2) is 149 Å². The second-order valence-corrected chi connectivity index (χ2v) is 31.3. The highest BCUT2D eigenvalue weighted by Crippen LogP contribution is 2.36. The number of unbranched alkanes of at least 4 members (excludes halogenated alkanes) is 2. The summed E-state index contributed by atoms with van der Waals surface area (Å²) in [5.74, 6) is -6.36. The Morgan fingerprint density at radius 3 is 2.01 bits per heavy atom. The van der Waals surface area contributed by atoms with Crippen LogP contribution in [0.4, 0.5) is 15.3 Å². The summed E-state index contributed by atoms with van der Waals surface area (Å²) in [6.07, 6.45) is 26.3. The van der Waals surface area contributed by atoms with Crippen LogP contribution in [0.5, 0.6) is 0 Å². The van der Waals surface area contributed by atoms with E-state index in [1.54, 1.807) is 82.1 Å². The lowest BCUT2D eigenvalue weighted by molar-refractivity contribution is -0.148. The Balaban J connectivity index is 1.01. The molecular formula is C83H115N11O14S2. The molecule has 0 spiro atoms. The number of amides is 10. The van der Waals surface area contributed by atoms with Gasteiger partial charge in [0.2, 0.25) is 41.4 Å². The Kier molecular flexibility index (Phi) is 37.3. The molecule has 1 aromatic heterocycles. The van der Waals surface area contributed by atoms with Gasteiger partial charge in [0.1, 0.15) is 35.8 Å². The fraction of sp³-hybridized carbons (Fsp3) is 0.518. The number of thiazole rings is 1. The number of likely N-dealkylation sites (N-methyl/N-ethyl adjacent to an activating group) is 2. The normalized spacial score (nSPS) is 19.7. The first-order valence-electron chi connectivity index (χ1n) is 38.2. The number of thioether (sulfide) groups is 1. The highest BCUT2D eigenvalue weighted by atomic mass is 32.2. The first kappa shape index (κ1) is 89.6. The second-order valence-electron chi connectivity index (χ2n) is 29.3. The number of anilines is 1. The summed E-state index contributed by atoms with van der Waals surface area (Å²) >= 11 is 2.71. The number of hydrogen-bond donors (Lipinski definition) is 7. The summed E-state index contributed by atoms with van der Waals surface area (Å²) in [5, 5.41) is 19.8. The molecule has 1 unspecified atom stereocenters. The number of benzene rings is 2. The van der Waals surface area contributed by atoms with Crippen molar-refractivity contribution in [2.75, 3.05) is 46.7 Å². The van der Waals surface area contributed by atoms with Crippen molar-refractivity contribution < 1.29 is 67.0 Å². The minimum atomic E-state index is -1.13. The summed E-state index contributed by atoms with van der Waals surface area (Å²) in [6, 6.07) is 9.82. The Hall–Kier alpha value is -9.31. The number of nitrogens with two attached hydrogens (primary N) is 1. The van der Waals surface area contributed by atoms with Crippen molar-refractivity contribution in [3.05, 3.63) is 165 Å². The van der Waals surface area contributed by atoms with Crippen molar-refractivity contribution in [3.63, 3.8) is 0 Å². The SMILES string of the molecule is CC[C@H](C)[C@@H]([C@@H](CC(=O)N1CCC[C@H]1[C@H](OC)[C@@H](C)C(=O)N[C@@H](Cc1ccccc1)c1nccs1)OC)N(C)C(=O)[C@@H](NC(=O)[C@H](C(C)C)N(C)C(=O)OCc1ccc(NC(=O)[C@H](CCCNC(N)=O)NC(=O)[C@@H](NC(=O)CCCCCC2C(=O)C=C(SC3=C/C=C\C=C/C=C\C=C/C=C\3)C2=O)C(C)C)cc1)C(C)C. The van der Waals surface area contributed by atoms with E-state index in [0.717, 1.165) is 15.5 Å². The summed E-state index contributed by atoms with van der Waals surface area (Å²) in [7, 11) is 6.17. The molecule has 10 amide bonds. The lowest BCUT2D eigenvalue weighted by atomic mass is 9.89. The van der Waals surface area contributed by atoms with Gasteiger partial charge < -0.3 is 61.6 Å². The molecule has 0 radical (unpaired) electrons. The van der Waals surface area contributed by atoms with Crippen LogP contribution in [0.3, 0.4) is 0 Å². The van der Waals surface area contributed by atoms with Gasteiger partial charge in [0.15, 0.2) is 11.6 Å². The molecule has 2 aliphatic carbocycles. The van der Waals surface area contributed by atoms with E-state index in [1.165, 1.54) is 48.2 Å². The molecule has 3 aliphatic rings. The van der Waals surface area contributed by atoms with E-state index >= 15 is 0 Å². The van der Waals surface area contributed by atoms with Crippen LogP contribution in [0.2, 0.25) is 0 Å². The fourth-order valence-electron chi connectivity index (χ4n) is 13.8. The maximum Gasteiger partial charge on any atom is 0.410 e. The average molecular weight is 1560 g/mol. The number of methoxy groups -OCH3 is 2. The molecule has 12 atom stereocenters. The van der Waals surface area contributed by atoms with E-state index in [4.69, 9.17) is 19.9 Å². The number of carbonyl (C=O) groups excluding carboxylic acids is 11. The van der Waals surface area contributed by atoms with Gasteiger partial charge >= 0.3 is 12.1 Å². The van der Waals surface area contributed by atoms with E-state index in [0.29, 0.717) is 74.1 Å². The molecule has 0 bridgehead atoms. The number of likely N-dealkylation sites (tertiary alicyclic amines) is 1. The van der Waals surface area contributed by atoms with Crippen LogP contribution in [-0.2, 0) is 70.4 Å². The predicted octanol–water partition coefficient (Wildman–Crippen LogP) is 10.9. The minimum Gasteiger partial charge on any atom is -0.445 e. The third-order valence-corrected chi connectivity index (χ3v) is 22.0. The molecule has 27 heteroatoms. The molecule has 3 aromatic rings. The summed E-state index contributed by atoms with van der Waals surface area (Å²) < 4.78 is 18.0. The number of rotatable bonds is 41. The monoisotopic (exact) mass is 1550 g/mol. The van der Waals surface area contributed by atoms with E-state index < -0.39 is 120 Å². The Bertz CT molecular complexity index is 3800. The highest BCUT2D eigenvalue weighted by Gasteiger charge is 2.45. The first-order chi connectivity index (χ1) is 52.6. The van der Waals surface area contributed by atoms with Gasteiger partial charge in [-0.15, -0.1) is 11.3 Å². The number of ketones is 2. The van der Waals surface area contributed by atoms with Gasteiger partial charge in [-0.25, -0.2) is 14.6 Å². The van der Waals surface area contributed by atoms with E-state index in [9.17, 15) is 52.7 Å². The topological polar surface area (TPSA) is 336 Å². The Morgan fingerprint density at radius 1 is 0.718 bits per heavy atom. The molecule has 598 valence electrons. The van der Waals surface area contributed by atoms with Crippen molar-refractivity contribution >= 4 is 93.8 Å². The van der Waals surface area contributed by atoms with E-state index in [1.807, 2.05) is 137 Å². The lowest BCUT2D eigenvalue weighted by Gasteiger charge is -2.41. The molecular weight excluding hydrogens is 1440 g/mol. The number of Topliss-reactive ketones (excluding diaryl/α,β-unsaturated/α-hetero) is 1. The average Bonchev–Trinajstić information content (AvgIpc) is 1.49. The first-order valence-corrected chi connectivity index (χ1v) is 39.9. The van der Waals surface area contributed by atoms with Gasteiger partial charge in [-0.3, -0.25) is 48.1 Å². The number of primary amides is 1. The molecule has 1 fully saturated rings. The molecule has 2 aromatic carbocycles. The molecule has 8 N–H and O–H groups in total. The number of nitrogens with one attached hydrogen (secondary N) is 6. The molecule has 0 saturated carbocycles. The van der Waals surface area contributed by atoms with Crippen molar-refractivity contribution in [2.24, 2.45) is 41.2 Å². The summed E-state index contributed by atoms with van der Waals surface area (Å²) in [6.45, 7) is 16.8. The van der Waals surface area contributed by atoms with Gasteiger partial charge in [-0.2, -0.15) is 0 Å². The highest BCUT2D eigenvalue weighted by molar-refractivity contribution is 8.07. The number of nitrogens with zero attached hydrogens (tertiary/aromatic N) is 4. The number of ether oxygens (including phenoxy) is 3. The fourth-order valence-corrected chi connectivity index (χ4v) is 15.5. The third-order valence-electron chi connectivity index (χ3n) is 20.1. The van der Waals surface area contributed by atoms with Crippen molar-refractivity contribution in [1.29, 1.82) is 0 Å². The largest absolute Gasteiger partial charge is 0.445 e. The van der Waals surface area contributed by atoms with Gasteiger partial charge in [0.05, 0.1) is 53.5 Å². The zero-order valence-corrected chi connectivity index (χ0v) is 67.6. The number of hydrogen-bond acceptors (Lipinski definition) is 17. The van der Waals surface area contributed by atoms with Crippen LogP contribution >= 0.6 is 23.1 Å². The van der Waals surface area contributed by atoms with E-state index in [-0.39, 0.29) is 74.2 Å². The van der Waals surface area contributed by atoms with Crippen LogP contribution in [0.1, 0.15) is 155 Å². The van der Waals surface area contributed by atoms with Gasteiger partial charge in [-0.1, -0.05) is 190 Å². The molecule has 1 saturated heterocycles. The Labute approximate surface area is 657 Å². The number of carbonyl (C=O) groups is 11. The van der Waals surface area contributed by atoms with Gasteiger partial charge in [0, 0.05) is 70.0 Å². The van der Waals surface area contributed by atoms with Crippen LogP contribution in [0, 0.1) is 35.5 Å². The minimum absolute atomic E-state index is 0.0727. The van der Waals surface area contributed by atoms with Gasteiger partial charge in [-0.05, 0) is 110 Å². The van der Waals surface area contributed by atoms with Crippen molar-refractivity contribution in [3.8, 4) is 0 Å². The maximum atomic E-state index is 14.9. The summed E-state index contributed by atoms with van der Waals surface area (Å²) in [5.41, 5.74) is 7.21. The molecule has 2 heterocycles. The number of aromatic nitrogens is 1. The van der Waals surface area contributed by atoms with Gasteiger partial charge in [0.25, 0.3) is 0 Å². The standard InChI is InChI=1S/C83H115N11O14S2/c1-14-55(8)73(66(106-12)50-69(97)94-46-31-38-64(94)75(107-13)56(9)76(99)89-63(80-85-45-47-109-80)48-57-32-24-22-25-33-57)92(10)81(103)71(53(4)5)91-79(102)72(54(6)7)93(11)83(105)108-51-58-40-42-59(43-41-58)87-77(100)62(37-30-44-86-82(84)104)88-78(101)70(52(2)3)90-68(96)39-29-23-28-36-61-65(95)49-67(74(61)98)110-60-34-26-20-18-16-15-17-19-21-27-35-60/h15-22,24-27,32-35,40-43,45,47,49,52-56,61-64,66,70-73,75H,14,23,28-31,36-39,44,46,48,50-51H2,1-13H3,(H,87,100)(H,88,101)(H,89,99)(H,90,96)(H,91,102)(H3,84,86,104)/b16-15-,17-15?,18-16?,19-17-,20-18-,21-19?,26-20?,27-21-,34-26-,35-27?,60-34?,60-35+/t55-,56+,61?,62-,63-,64-,66+,70-,71-,72-,73-,75+/m0/s1. The van der Waals surface area contributed by atoms with E-state index in [2.05, 4.69) is 36.9 Å². The van der Waals surface area contributed by atoms with Crippen molar-refractivity contribution in [2.45, 2.75) is 200 Å². The Morgan fingerprint density at radius 2 is 1.39 bits per heavy atom. The summed E-state index contributed by atoms with van der Waals surface area (Å²) in [4.78, 5) is 162. The smallest absolute Gasteiger partial charge is 0.410 e. The maximum absolute atomic E-state index is 14.9. The number of allylic oxidation sites excluding steroid dienone is 13. The predicted molar refractivity (Wildman–Crippen MR) is 429 cm³/mol. The van der Waals surface area contributed by atoms with Crippen LogP contribution in [-0.4, -0.2) is 175 Å². The molecule has 110 heavy (non-hydrogen) atoms. The zero-order chi connectivity index (χ0) is 80.6. The van der Waals surface area contributed by atoms with Crippen LogP contribution in [0.25, 0.3) is 0 Å². The third kappa shape index (κ3) is 27.3. The molecule has 25 nitrogen and oxygen atoms in total. The van der Waals surface area contributed by atoms with Crippen LogP contribution < -0.4 is 37.6 Å². The zero-order valence-electron chi connectivity index (χ0n) is 65.9. The lowest BCUT2D eigenvalue weighted by Crippen LogP contribution is -2.60.